The summed E-state index contributed by atoms with van der Waals surface area (Å²) >= 11 is 1.78. The normalized spacial score (nSPS) is 24.7. The van der Waals surface area contributed by atoms with Gasteiger partial charge < -0.3 is 5.32 Å². The molecule has 2 aliphatic carbocycles. The van der Waals surface area contributed by atoms with Gasteiger partial charge in [-0.1, -0.05) is 31.1 Å². The van der Waals surface area contributed by atoms with Crippen molar-refractivity contribution in [2.75, 3.05) is 0 Å². The Morgan fingerprint density at radius 3 is 2.75 bits per heavy atom. The summed E-state index contributed by atoms with van der Waals surface area (Å²) < 4.78 is 0. The van der Waals surface area contributed by atoms with Gasteiger partial charge in [0.25, 0.3) is 0 Å². The fraction of sp³-hybridized carbons (Fsp3) is 0.588. The number of hydrogen-bond donors (Lipinski definition) is 1. The molecule has 0 aromatic carbocycles. The number of carbonyl (C=O) groups excluding carboxylic acids is 1. The minimum Gasteiger partial charge on any atom is -0.348 e. The van der Waals surface area contributed by atoms with Crippen LogP contribution in [0.2, 0.25) is 0 Å². The van der Waals surface area contributed by atoms with Gasteiger partial charge in [-0.15, -0.1) is 11.3 Å². The molecule has 2 aliphatic rings. The molecule has 1 saturated carbocycles. The Balaban J connectivity index is 1.69. The van der Waals surface area contributed by atoms with Gasteiger partial charge in [-0.2, -0.15) is 0 Å². The van der Waals surface area contributed by atoms with Gasteiger partial charge in [0.15, 0.2) is 0 Å². The summed E-state index contributed by atoms with van der Waals surface area (Å²) in [6.07, 6.45) is 12.5. The van der Waals surface area contributed by atoms with Crippen LogP contribution in [0.3, 0.4) is 0 Å². The van der Waals surface area contributed by atoms with Crippen LogP contribution in [0.15, 0.2) is 29.7 Å². The van der Waals surface area contributed by atoms with Crippen molar-refractivity contribution in [2.45, 2.75) is 51.0 Å². The van der Waals surface area contributed by atoms with Crippen LogP contribution >= 0.6 is 11.3 Å². The lowest BCUT2D eigenvalue weighted by atomic mass is 9.91. The third-order valence-electron chi connectivity index (χ3n) is 4.66. The first kappa shape index (κ1) is 13.9. The van der Waals surface area contributed by atoms with E-state index in [1.165, 1.54) is 30.6 Å². The number of thiophene rings is 1. The molecule has 1 N–H and O–H groups in total. The number of nitrogens with one attached hydrogen (secondary N) is 1. The molecule has 3 rings (SSSR count). The molecular formula is C17H23NOS. The van der Waals surface area contributed by atoms with Gasteiger partial charge in [0, 0.05) is 10.8 Å². The van der Waals surface area contributed by atoms with E-state index < -0.39 is 0 Å². The predicted molar refractivity (Wildman–Crippen MR) is 83.6 cm³/mol. The maximum absolute atomic E-state index is 12.5. The summed E-state index contributed by atoms with van der Waals surface area (Å²) in [6.45, 7) is 0. The number of rotatable bonds is 4. The fourth-order valence-electron chi connectivity index (χ4n) is 3.48. The van der Waals surface area contributed by atoms with E-state index >= 15 is 0 Å². The highest BCUT2D eigenvalue weighted by Crippen LogP contribution is 2.37. The van der Waals surface area contributed by atoms with E-state index in [1.54, 1.807) is 11.3 Å². The van der Waals surface area contributed by atoms with Crippen LogP contribution in [0.1, 0.15) is 55.9 Å². The highest BCUT2D eigenvalue weighted by Gasteiger charge is 2.30. The van der Waals surface area contributed by atoms with Crippen LogP contribution in [0, 0.1) is 11.8 Å². The zero-order chi connectivity index (χ0) is 13.8. The lowest BCUT2D eigenvalue weighted by Crippen LogP contribution is -2.37. The van der Waals surface area contributed by atoms with Gasteiger partial charge in [0.05, 0.1) is 6.04 Å². The Labute approximate surface area is 125 Å². The van der Waals surface area contributed by atoms with E-state index in [9.17, 15) is 4.79 Å². The van der Waals surface area contributed by atoms with Gasteiger partial charge >= 0.3 is 0 Å². The summed E-state index contributed by atoms with van der Waals surface area (Å²) in [5, 5.41) is 5.49. The molecule has 20 heavy (non-hydrogen) atoms. The molecule has 3 heteroatoms. The predicted octanol–water partition coefficient (Wildman–Crippen LogP) is 4.45. The second kappa shape index (κ2) is 6.57. The van der Waals surface area contributed by atoms with Crippen LogP contribution in [-0.4, -0.2) is 5.91 Å². The largest absolute Gasteiger partial charge is 0.348 e. The van der Waals surface area contributed by atoms with Crippen molar-refractivity contribution in [3.63, 3.8) is 0 Å². The molecule has 1 amide bonds. The summed E-state index contributed by atoms with van der Waals surface area (Å²) in [5.41, 5.74) is 0. The smallest absolute Gasteiger partial charge is 0.223 e. The van der Waals surface area contributed by atoms with Crippen molar-refractivity contribution in [3.8, 4) is 0 Å². The highest BCUT2D eigenvalue weighted by atomic mass is 32.1. The molecule has 2 nitrogen and oxygen atoms in total. The Kier molecular flexibility index (Phi) is 4.56. The van der Waals surface area contributed by atoms with Crippen LogP contribution in [0.5, 0.6) is 0 Å². The fourth-order valence-corrected chi connectivity index (χ4v) is 4.35. The topological polar surface area (TPSA) is 29.1 Å². The van der Waals surface area contributed by atoms with Gasteiger partial charge in [-0.25, -0.2) is 0 Å². The van der Waals surface area contributed by atoms with Crippen LogP contribution in [0.25, 0.3) is 0 Å². The molecule has 0 spiro atoms. The van der Waals surface area contributed by atoms with Crippen molar-refractivity contribution in [3.05, 3.63) is 34.5 Å². The minimum atomic E-state index is 0.184. The number of carbonyl (C=O) groups is 1. The van der Waals surface area contributed by atoms with Gasteiger partial charge in [-0.05, 0) is 49.5 Å². The van der Waals surface area contributed by atoms with Crippen LogP contribution in [0.4, 0.5) is 0 Å². The van der Waals surface area contributed by atoms with E-state index in [0.717, 1.165) is 19.3 Å². The van der Waals surface area contributed by atoms with E-state index in [2.05, 4.69) is 35.0 Å². The molecule has 1 aromatic rings. The first-order chi connectivity index (χ1) is 9.84. The molecule has 1 fully saturated rings. The number of hydrogen-bond acceptors (Lipinski definition) is 2. The monoisotopic (exact) mass is 289 g/mol. The van der Waals surface area contributed by atoms with E-state index in [1.807, 2.05) is 0 Å². The quantitative estimate of drug-likeness (QED) is 0.815. The average molecular weight is 289 g/mol. The number of allylic oxidation sites excluding steroid dienone is 2. The SMILES string of the molecule is O=C(NC(c1cccs1)C1CCCC1)C1CC=CCC1. The third kappa shape index (κ3) is 3.14. The molecule has 1 aromatic heterocycles. The molecule has 0 saturated heterocycles. The van der Waals surface area contributed by atoms with Crippen LogP contribution < -0.4 is 5.32 Å². The molecule has 108 valence electrons. The summed E-state index contributed by atoms with van der Waals surface area (Å²) in [7, 11) is 0. The van der Waals surface area contributed by atoms with Crippen molar-refractivity contribution in [2.24, 2.45) is 11.8 Å². The Bertz CT molecular complexity index is 459. The maximum Gasteiger partial charge on any atom is 0.223 e. The maximum atomic E-state index is 12.5. The molecule has 0 radical (unpaired) electrons. The standard InChI is InChI=1S/C17H23NOS/c19-17(14-9-2-1-3-10-14)18-16(13-7-4-5-8-13)15-11-6-12-20-15/h1-2,6,11-14,16H,3-5,7-10H2,(H,18,19). The first-order valence-corrected chi connectivity index (χ1v) is 8.71. The molecule has 0 aliphatic heterocycles. The van der Waals surface area contributed by atoms with Gasteiger partial charge in [0.2, 0.25) is 5.91 Å². The second-order valence-electron chi connectivity index (χ2n) is 6.03. The molecule has 2 atom stereocenters. The molecule has 1 heterocycles. The average Bonchev–Trinajstić information content (AvgIpc) is 3.19. The van der Waals surface area contributed by atoms with Crippen molar-refractivity contribution in [1.29, 1.82) is 0 Å². The van der Waals surface area contributed by atoms with E-state index in [4.69, 9.17) is 0 Å². The summed E-state index contributed by atoms with van der Waals surface area (Å²) in [4.78, 5) is 13.9. The Morgan fingerprint density at radius 2 is 2.10 bits per heavy atom. The zero-order valence-electron chi connectivity index (χ0n) is 11.9. The second-order valence-corrected chi connectivity index (χ2v) is 7.01. The first-order valence-electron chi connectivity index (χ1n) is 7.83. The van der Waals surface area contributed by atoms with Crippen molar-refractivity contribution >= 4 is 17.2 Å². The third-order valence-corrected chi connectivity index (χ3v) is 5.61. The lowest BCUT2D eigenvalue weighted by molar-refractivity contribution is -0.126. The lowest BCUT2D eigenvalue weighted by Gasteiger charge is -2.27. The van der Waals surface area contributed by atoms with E-state index in [0.29, 0.717) is 5.92 Å². The molecule has 0 bridgehead atoms. The Hall–Kier alpha value is -1.09. The summed E-state index contributed by atoms with van der Waals surface area (Å²) in [6, 6.07) is 4.52. The van der Waals surface area contributed by atoms with Crippen LogP contribution in [-0.2, 0) is 4.79 Å². The number of amides is 1. The molecule has 2 unspecified atom stereocenters. The van der Waals surface area contributed by atoms with Crippen molar-refractivity contribution in [1.82, 2.24) is 5.32 Å². The Morgan fingerprint density at radius 1 is 1.25 bits per heavy atom. The van der Waals surface area contributed by atoms with Gasteiger partial charge in [0.1, 0.15) is 0 Å². The van der Waals surface area contributed by atoms with Gasteiger partial charge in [-0.3, -0.25) is 4.79 Å². The van der Waals surface area contributed by atoms with E-state index in [-0.39, 0.29) is 17.9 Å². The van der Waals surface area contributed by atoms with Crippen molar-refractivity contribution < 1.29 is 4.79 Å². The molecular weight excluding hydrogens is 266 g/mol. The zero-order valence-corrected chi connectivity index (χ0v) is 12.7. The highest BCUT2D eigenvalue weighted by molar-refractivity contribution is 7.10. The minimum absolute atomic E-state index is 0.184. The summed E-state index contributed by atoms with van der Waals surface area (Å²) in [5.74, 6) is 1.08.